The third-order valence-electron chi connectivity index (χ3n) is 2.27. The van der Waals surface area contributed by atoms with Crippen LogP contribution in [0.25, 0.3) is 5.65 Å². The lowest BCUT2D eigenvalue weighted by atomic mass is 10.3. The summed E-state index contributed by atoms with van der Waals surface area (Å²) in [4.78, 5) is 15.8. The maximum Gasteiger partial charge on any atom is 0.262 e. The standard InChI is InChI=1S/C10H10N2O3S/c1-7-9(16(2,14)15)11-8-5-3-4-6-12(8)10(7)13/h3-6H,1-2H3. The summed E-state index contributed by atoms with van der Waals surface area (Å²) in [7, 11) is -3.47. The predicted molar refractivity (Wildman–Crippen MR) is 59.3 cm³/mol. The van der Waals surface area contributed by atoms with Crippen LogP contribution in [-0.4, -0.2) is 24.1 Å². The number of rotatable bonds is 1. The van der Waals surface area contributed by atoms with Gasteiger partial charge in [-0.25, -0.2) is 13.4 Å². The molecule has 0 radical (unpaired) electrons. The fourth-order valence-corrected chi connectivity index (χ4v) is 2.42. The molecule has 0 atom stereocenters. The largest absolute Gasteiger partial charge is 0.269 e. The van der Waals surface area contributed by atoms with Crippen molar-refractivity contribution in [2.75, 3.05) is 6.26 Å². The first-order valence-corrected chi connectivity index (χ1v) is 6.48. The van der Waals surface area contributed by atoms with Crippen molar-refractivity contribution in [3.8, 4) is 0 Å². The van der Waals surface area contributed by atoms with Gasteiger partial charge < -0.3 is 0 Å². The molecule has 2 aromatic heterocycles. The minimum absolute atomic E-state index is 0.145. The van der Waals surface area contributed by atoms with Gasteiger partial charge in [0.1, 0.15) is 5.65 Å². The average Bonchev–Trinajstić information content (AvgIpc) is 2.22. The van der Waals surface area contributed by atoms with Crippen LogP contribution in [0, 0.1) is 6.92 Å². The van der Waals surface area contributed by atoms with Crippen molar-refractivity contribution in [2.45, 2.75) is 11.9 Å². The minimum atomic E-state index is -3.47. The summed E-state index contributed by atoms with van der Waals surface area (Å²) in [5, 5.41) is -0.149. The van der Waals surface area contributed by atoms with Crippen LogP contribution in [-0.2, 0) is 9.84 Å². The highest BCUT2D eigenvalue weighted by molar-refractivity contribution is 7.90. The van der Waals surface area contributed by atoms with Crippen LogP contribution in [0.5, 0.6) is 0 Å². The number of aromatic nitrogens is 2. The summed E-state index contributed by atoms with van der Waals surface area (Å²) in [6.45, 7) is 1.46. The second-order valence-corrected chi connectivity index (χ2v) is 5.48. The molecule has 0 bridgehead atoms. The number of hydrogen-bond donors (Lipinski definition) is 0. The van der Waals surface area contributed by atoms with Crippen molar-refractivity contribution in [3.05, 3.63) is 40.3 Å². The van der Waals surface area contributed by atoms with E-state index in [9.17, 15) is 13.2 Å². The molecule has 84 valence electrons. The number of fused-ring (bicyclic) bond motifs is 1. The van der Waals surface area contributed by atoms with E-state index in [1.807, 2.05) is 0 Å². The Morgan fingerprint density at radius 3 is 2.62 bits per heavy atom. The van der Waals surface area contributed by atoms with Gasteiger partial charge >= 0.3 is 0 Å². The summed E-state index contributed by atoms with van der Waals surface area (Å²) >= 11 is 0. The fraction of sp³-hybridized carbons (Fsp3) is 0.200. The summed E-state index contributed by atoms with van der Waals surface area (Å²) in [6.07, 6.45) is 2.60. The van der Waals surface area contributed by atoms with Gasteiger partial charge in [-0.1, -0.05) is 6.07 Å². The van der Waals surface area contributed by atoms with E-state index in [0.29, 0.717) is 5.65 Å². The van der Waals surface area contributed by atoms with E-state index >= 15 is 0 Å². The quantitative estimate of drug-likeness (QED) is 0.675. The Morgan fingerprint density at radius 2 is 2.00 bits per heavy atom. The number of sulfone groups is 1. The molecule has 0 amide bonds. The molecule has 6 heteroatoms. The Balaban J connectivity index is 3.02. The molecule has 0 aliphatic carbocycles. The Morgan fingerprint density at radius 1 is 1.31 bits per heavy atom. The van der Waals surface area contributed by atoms with Crippen LogP contribution in [0.15, 0.2) is 34.2 Å². The highest BCUT2D eigenvalue weighted by atomic mass is 32.2. The Bertz CT molecular complexity index is 716. The van der Waals surface area contributed by atoms with Crippen molar-refractivity contribution in [1.82, 2.24) is 9.38 Å². The maximum atomic E-state index is 11.9. The molecule has 0 unspecified atom stereocenters. The van der Waals surface area contributed by atoms with E-state index in [4.69, 9.17) is 0 Å². The third-order valence-corrected chi connectivity index (χ3v) is 3.37. The summed E-state index contributed by atoms with van der Waals surface area (Å²) in [5.74, 6) is 0. The summed E-state index contributed by atoms with van der Waals surface area (Å²) in [6, 6.07) is 4.98. The second-order valence-electron chi connectivity index (χ2n) is 3.55. The molecule has 0 saturated heterocycles. The van der Waals surface area contributed by atoms with E-state index in [1.54, 1.807) is 24.4 Å². The van der Waals surface area contributed by atoms with Gasteiger partial charge in [-0.05, 0) is 19.1 Å². The van der Waals surface area contributed by atoms with E-state index < -0.39 is 9.84 Å². The molecule has 0 aromatic carbocycles. The average molecular weight is 238 g/mol. The van der Waals surface area contributed by atoms with Gasteiger partial charge in [0.05, 0.1) is 5.56 Å². The molecule has 2 heterocycles. The monoisotopic (exact) mass is 238 g/mol. The molecule has 0 aliphatic heterocycles. The first kappa shape index (κ1) is 10.8. The highest BCUT2D eigenvalue weighted by Gasteiger charge is 2.16. The lowest BCUT2D eigenvalue weighted by Crippen LogP contribution is -2.21. The molecule has 0 spiro atoms. The molecule has 2 aromatic rings. The van der Waals surface area contributed by atoms with Gasteiger partial charge in [0, 0.05) is 12.5 Å². The molecule has 0 N–H and O–H groups in total. The van der Waals surface area contributed by atoms with E-state index in [2.05, 4.69) is 4.98 Å². The Hall–Kier alpha value is -1.69. The summed E-state index contributed by atoms with van der Waals surface area (Å²) < 4.78 is 24.2. The van der Waals surface area contributed by atoms with Gasteiger partial charge in [0.25, 0.3) is 5.56 Å². The van der Waals surface area contributed by atoms with Crippen molar-refractivity contribution < 1.29 is 8.42 Å². The normalized spacial score (nSPS) is 11.9. The first-order valence-electron chi connectivity index (χ1n) is 4.59. The molecular formula is C10H10N2O3S. The van der Waals surface area contributed by atoms with Crippen molar-refractivity contribution >= 4 is 15.5 Å². The van der Waals surface area contributed by atoms with Crippen LogP contribution < -0.4 is 5.56 Å². The molecule has 0 aliphatic rings. The highest BCUT2D eigenvalue weighted by Crippen LogP contribution is 2.09. The third kappa shape index (κ3) is 1.61. The molecule has 2 rings (SSSR count). The van der Waals surface area contributed by atoms with Crippen molar-refractivity contribution in [2.24, 2.45) is 0 Å². The SMILES string of the molecule is Cc1c(S(C)(=O)=O)nc2ccccn2c1=O. The van der Waals surface area contributed by atoms with Gasteiger partial charge in [0.2, 0.25) is 0 Å². The molecular weight excluding hydrogens is 228 g/mol. The summed E-state index contributed by atoms with van der Waals surface area (Å²) in [5.41, 5.74) is 0.121. The fourth-order valence-electron chi connectivity index (χ4n) is 1.52. The second kappa shape index (κ2) is 3.41. The van der Waals surface area contributed by atoms with Crippen LogP contribution in [0.1, 0.15) is 5.56 Å². The molecule has 16 heavy (non-hydrogen) atoms. The zero-order valence-corrected chi connectivity index (χ0v) is 9.65. The van der Waals surface area contributed by atoms with Gasteiger partial charge in [-0.15, -0.1) is 0 Å². The lowest BCUT2D eigenvalue weighted by molar-refractivity contribution is 0.597. The first-order chi connectivity index (χ1) is 7.41. The zero-order valence-electron chi connectivity index (χ0n) is 8.84. The zero-order chi connectivity index (χ0) is 11.9. The van der Waals surface area contributed by atoms with E-state index in [1.165, 1.54) is 11.3 Å². The van der Waals surface area contributed by atoms with Crippen LogP contribution in [0.4, 0.5) is 0 Å². The van der Waals surface area contributed by atoms with Crippen LogP contribution in [0.3, 0.4) is 0 Å². The predicted octanol–water partition coefficient (Wildman–Crippen LogP) is 0.406. The van der Waals surface area contributed by atoms with Crippen molar-refractivity contribution in [1.29, 1.82) is 0 Å². The van der Waals surface area contributed by atoms with E-state index in [0.717, 1.165) is 6.26 Å². The Labute approximate surface area is 92.3 Å². The minimum Gasteiger partial charge on any atom is -0.269 e. The van der Waals surface area contributed by atoms with E-state index in [-0.39, 0.29) is 16.1 Å². The number of hydrogen-bond acceptors (Lipinski definition) is 4. The molecule has 5 nitrogen and oxygen atoms in total. The lowest BCUT2D eigenvalue weighted by Gasteiger charge is -2.05. The van der Waals surface area contributed by atoms with Crippen LogP contribution >= 0.6 is 0 Å². The maximum absolute atomic E-state index is 11.9. The van der Waals surface area contributed by atoms with Crippen LogP contribution in [0.2, 0.25) is 0 Å². The topological polar surface area (TPSA) is 68.5 Å². The molecule has 0 saturated carbocycles. The molecule has 0 fully saturated rings. The van der Waals surface area contributed by atoms with Gasteiger partial charge in [0.15, 0.2) is 14.9 Å². The van der Waals surface area contributed by atoms with Gasteiger partial charge in [-0.2, -0.15) is 0 Å². The Kier molecular flexibility index (Phi) is 2.31. The number of pyridine rings is 1. The number of nitrogens with zero attached hydrogens (tertiary/aromatic N) is 2. The van der Waals surface area contributed by atoms with Gasteiger partial charge in [-0.3, -0.25) is 9.20 Å². The van der Waals surface area contributed by atoms with Crippen molar-refractivity contribution in [3.63, 3.8) is 0 Å². The smallest absolute Gasteiger partial charge is 0.262 e.